The largest absolute Gasteiger partial charge is 0.489 e. The lowest BCUT2D eigenvalue weighted by Crippen LogP contribution is -2.55. The molecule has 0 aliphatic carbocycles. The molecule has 1 aliphatic heterocycles. The Kier molecular flexibility index (Phi) is 7.17. The normalized spacial score (nSPS) is 18.6. The van der Waals surface area contributed by atoms with Gasteiger partial charge >= 0.3 is 11.9 Å². The maximum atomic E-state index is 12.5. The van der Waals surface area contributed by atoms with Crippen molar-refractivity contribution in [3.8, 4) is 5.75 Å². The van der Waals surface area contributed by atoms with Crippen LogP contribution in [0.15, 0.2) is 42.0 Å². The zero-order chi connectivity index (χ0) is 19.0. The molecular weight excluding hydrogens is 340 g/mol. The smallest absolute Gasteiger partial charge is 0.350 e. The molecule has 7 nitrogen and oxygen atoms in total. The van der Waals surface area contributed by atoms with Crippen LogP contribution in [-0.2, 0) is 28.5 Å². The monoisotopic (exact) mass is 364 g/mol. The first-order chi connectivity index (χ1) is 12.6. The van der Waals surface area contributed by atoms with E-state index in [-0.39, 0.29) is 26.2 Å². The molecular formula is C19H24O7. The molecule has 0 amide bonds. The summed E-state index contributed by atoms with van der Waals surface area (Å²) in [5.41, 5.74) is -1.23. The van der Waals surface area contributed by atoms with Gasteiger partial charge in [-0.05, 0) is 37.6 Å². The van der Waals surface area contributed by atoms with Crippen LogP contribution in [0.2, 0.25) is 0 Å². The van der Waals surface area contributed by atoms with Gasteiger partial charge in [-0.1, -0.05) is 18.2 Å². The van der Waals surface area contributed by atoms with Crippen molar-refractivity contribution in [2.24, 2.45) is 0 Å². The molecule has 1 unspecified atom stereocenters. The van der Waals surface area contributed by atoms with Gasteiger partial charge in [0.15, 0.2) is 6.29 Å². The molecule has 0 fully saturated rings. The van der Waals surface area contributed by atoms with Crippen molar-refractivity contribution in [1.29, 1.82) is 0 Å². The van der Waals surface area contributed by atoms with Gasteiger partial charge in [0.2, 0.25) is 0 Å². The highest BCUT2D eigenvalue weighted by atomic mass is 16.7. The van der Waals surface area contributed by atoms with Crippen LogP contribution in [0, 0.1) is 0 Å². The van der Waals surface area contributed by atoms with E-state index in [1.807, 2.05) is 30.3 Å². The van der Waals surface area contributed by atoms with Crippen molar-refractivity contribution >= 4 is 11.9 Å². The average molecular weight is 364 g/mol. The molecule has 7 heteroatoms. The SMILES string of the molecule is CCOC(=O)C1(C(=O)OCC)CC(COc2ccccc2)=CC(OC)O1. The molecule has 1 heterocycles. The van der Waals surface area contributed by atoms with Crippen molar-refractivity contribution in [3.63, 3.8) is 0 Å². The predicted octanol–water partition coefficient (Wildman–Crippen LogP) is 2.25. The Morgan fingerprint density at radius 3 is 2.27 bits per heavy atom. The maximum absolute atomic E-state index is 12.5. The van der Waals surface area contributed by atoms with Crippen molar-refractivity contribution in [2.45, 2.75) is 32.2 Å². The molecule has 1 aromatic carbocycles. The molecule has 0 radical (unpaired) electrons. The molecule has 2 rings (SSSR count). The van der Waals surface area contributed by atoms with E-state index in [9.17, 15) is 9.59 Å². The van der Waals surface area contributed by atoms with E-state index in [0.717, 1.165) is 0 Å². The Labute approximate surface area is 152 Å². The lowest BCUT2D eigenvalue weighted by molar-refractivity contribution is -0.221. The van der Waals surface area contributed by atoms with Gasteiger partial charge in [-0.15, -0.1) is 0 Å². The number of carbonyl (C=O) groups is 2. The van der Waals surface area contributed by atoms with E-state index < -0.39 is 23.8 Å². The highest BCUT2D eigenvalue weighted by Gasteiger charge is 2.54. The number of rotatable bonds is 8. The van der Waals surface area contributed by atoms with Gasteiger partial charge in [0.05, 0.1) is 13.2 Å². The summed E-state index contributed by atoms with van der Waals surface area (Å²) in [6.07, 6.45) is 0.753. The Morgan fingerprint density at radius 1 is 1.12 bits per heavy atom. The molecule has 0 aromatic heterocycles. The van der Waals surface area contributed by atoms with Gasteiger partial charge in [-0.2, -0.15) is 0 Å². The summed E-state index contributed by atoms with van der Waals surface area (Å²) in [4.78, 5) is 25.1. The van der Waals surface area contributed by atoms with Gasteiger partial charge < -0.3 is 23.7 Å². The second-order valence-electron chi connectivity index (χ2n) is 5.59. The Hall–Kier alpha value is -2.38. The minimum Gasteiger partial charge on any atom is -0.489 e. The fraction of sp³-hybridized carbons (Fsp3) is 0.474. The van der Waals surface area contributed by atoms with Crippen LogP contribution in [0.1, 0.15) is 20.3 Å². The number of esters is 2. The first kappa shape index (κ1) is 19.9. The highest BCUT2D eigenvalue weighted by molar-refractivity contribution is 6.04. The van der Waals surface area contributed by atoms with Crippen LogP contribution in [0.25, 0.3) is 0 Å². The van der Waals surface area contributed by atoms with Crippen LogP contribution in [0.4, 0.5) is 0 Å². The fourth-order valence-electron chi connectivity index (χ4n) is 2.57. The van der Waals surface area contributed by atoms with E-state index in [2.05, 4.69) is 0 Å². The average Bonchev–Trinajstić information content (AvgIpc) is 2.67. The third kappa shape index (κ3) is 4.62. The Morgan fingerprint density at radius 2 is 1.73 bits per heavy atom. The van der Waals surface area contributed by atoms with E-state index >= 15 is 0 Å². The number of hydrogen-bond acceptors (Lipinski definition) is 7. The summed E-state index contributed by atoms with van der Waals surface area (Å²) in [5.74, 6) is -0.927. The predicted molar refractivity (Wildman–Crippen MR) is 92.5 cm³/mol. The number of carbonyl (C=O) groups excluding carboxylic acids is 2. The first-order valence-corrected chi connectivity index (χ1v) is 8.48. The molecule has 0 N–H and O–H groups in total. The Balaban J connectivity index is 2.24. The quantitative estimate of drug-likeness (QED) is 0.398. The second kappa shape index (κ2) is 9.35. The number of hydrogen-bond donors (Lipinski definition) is 0. The van der Waals surface area contributed by atoms with Crippen LogP contribution in [0.5, 0.6) is 5.75 Å². The van der Waals surface area contributed by atoms with Gasteiger partial charge in [-0.25, -0.2) is 9.59 Å². The summed E-state index contributed by atoms with van der Waals surface area (Å²) in [6.45, 7) is 3.71. The topological polar surface area (TPSA) is 80.3 Å². The van der Waals surface area contributed by atoms with E-state index in [1.165, 1.54) is 7.11 Å². The minimum absolute atomic E-state index is 0.0304. The molecule has 1 aromatic rings. The van der Waals surface area contributed by atoms with Crippen molar-refractivity contribution in [3.05, 3.63) is 42.0 Å². The lowest BCUT2D eigenvalue weighted by atomic mass is 9.91. The van der Waals surface area contributed by atoms with E-state index in [4.69, 9.17) is 23.7 Å². The summed E-state index contributed by atoms with van der Waals surface area (Å²) in [7, 11) is 1.42. The first-order valence-electron chi connectivity index (χ1n) is 8.48. The lowest BCUT2D eigenvalue weighted by Gasteiger charge is -2.35. The van der Waals surface area contributed by atoms with Gasteiger partial charge in [-0.3, -0.25) is 0 Å². The minimum atomic E-state index is -1.91. The third-order valence-corrected chi connectivity index (χ3v) is 3.78. The van der Waals surface area contributed by atoms with E-state index in [1.54, 1.807) is 19.9 Å². The van der Waals surface area contributed by atoms with Crippen LogP contribution in [-0.4, -0.2) is 50.8 Å². The van der Waals surface area contributed by atoms with Crippen LogP contribution >= 0.6 is 0 Å². The van der Waals surface area contributed by atoms with Crippen LogP contribution < -0.4 is 4.74 Å². The summed E-state index contributed by atoms with van der Waals surface area (Å²) < 4.78 is 26.7. The van der Waals surface area contributed by atoms with Crippen molar-refractivity contribution < 1.29 is 33.3 Å². The highest BCUT2D eigenvalue weighted by Crippen LogP contribution is 2.32. The molecule has 142 valence electrons. The van der Waals surface area contributed by atoms with Gasteiger partial charge in [0, 0.05) is 13.5 Å². The molecule has 26 heavy (non-hydrogen) atoms. The zero-order valence-corrected chi connectivity index (χ0v) is 15.2. The number of ether oxygens (including phenoxy) is 5. The molecule has 0 bridgehead atoms. The second-order valence-corrected chi connectivity index (χ2v) is 5.59. The number of para-hydroxylation sites is 1. The Bertz CT molecular complexity index is 621. The molecule has 1 atom stereocenters. The summed E-state index contributed by atoms with van der Waals surface area (Å²) in [6, 6.07) is 9.23. The molecule has 0 saturated heterocycles. The van der Waals surface area contributed by atoms with E-state index in [0.29, 0.717) is 11.3 Å². The van der Waals surface area contributed by atoms with Crippen molar-refractivity contribution in [1.82, 2.24) is 0 Å². The van der Waals surface area contributed by atoms with Gasteiger partial charge in [0.25, 0.3) is 5.60 Å². The standard InChI is InChI=1S/C19H24O7/c1-4-23-17(20)19(18(21)24-5-2)12-14(11-16(22-3)26-19)13-25-15-9-7-6-8-10-15/h6-11,16H,4-5,12-13H2,1-3H3. The molecule has 0 spiro atoms. The third-order valence-electron chi connectivity index (χ3n) is 3.78. The van der Waals surface area contributed by atoms with Crippen molar-refractivity contribution in [2.75, 3.05) is 26.9 Å². The van der Waals surface area contributed by atoms with Crippen LogP contribution in [0.3, 0.4) is 0 Å². The van der Waals surface area contributed by atoms with Gasteiger partial charge in [0.1, 0.15) is 12.4 Å². The summed E-state index contributed by atoms with van der Waals surface area (Å²) in [5, 5.41) is 0. The maximum Gasteiger partial charge on any atom is 0.350 e. The summed E-state index contributed by atoms with van der Waals surface area (Å²) >= 11 is 0. The number of benzene rings is 1. The number of methoxy groups -OCH3 is 1. The molecule has 0 saturated carbocycles. The molecule has 1 aliphatic rings. The zero-order valence-electron chi connectivity index (χ0n) is 15.2. The fourth-order valence-corrected chi connectivity index (χ4v) is 2.57.